The van der Waals surface area contributed by atoms with E-state index in [2.05, 4.69) is 430 Å². The summed E-state index contributed by atoms with van der Waals surface area (Å²) in [5, 5.41) is 4.95. The number of hydrogen-bond donors (Lipinski definition) is 0. The molecule has 0 saturated heterocycles. The molecule has 0 saturated carbocycles. The van der Waals surface area contributed by atoms with E-state index in [0.29, 0.717) is 0 Å². The molecule has 17 aromatic carbocycles. The standard InChI is InChI=1S/C102H66B2N6S2/c1-8-33-67(34-9-1)76-49-30-50-77(68-35-10-2-11-36-68)101(76)110-86-55-27-25-53-82(86)104-83-65-84-90(66-89(83)108(73-45-20-7-21-46-73)92-63-75(64-94(110)100(92)104)106(71-41-16-5-17-42-71)88-57-31-51-79-78-47-22-28-58-95(78)112-102(79)88)109(87-56-32-60-97-98(87)80-48-23-29-59-96(80)111-97)93-62-74(105(69-37-12-3-13-38-69)70-39-14-4-15-40-70)61-91-99(93)103(84)81-52-24-26-54-85(81)107(91)72-43-18-6-19-44-72/h1-66H. The summed E-state index contributed by atoms with van der Waals surface area (Å²) in [5.74, 6) is 0. The van der Waals surface area contributed by atoms with Crippen molar-refractivity contribution in [2.24, 2.45) is 0 Å². The lowest BCUT2D eigenvalue weighted by molar-refractivity contribution is 1.22. The van der Waals surface area contributed by atoms with Crippen LogP contribution in [0.1, 0.15) is 0 Å². The number of rotatable bonds is 12. The van der Waals surface area contributed by atoms with Crippen LogP contribution in [0.4, 0.5) is 102 Å². The largest absolute Gasteiger partial charge is 0.311 e. The van der Waals surface area contributed by atoms with Crippen molar-refractivity contribution in [1.82, 2.24) is 0 Å². The summed E-state index contributed by atoms with van der Waals surface area (Å²) in [4.78, 5) is 15.5. The van der Waals surface area contributed by atoms with Crippen LogP contribution < -0.4 is 62.2 Å². The SMILES string of the molecule is c1ccc(-c2cccc(-c3ccccc3)c2N2c3ccccc3B3c4cc5c(cc4N(c4ccccc4)c4cc(N(c6ccccc6)c6cccc7c6sc6ccccc67)cc2c43)N(c2cccc3sc4ccccc4c23)c2cc(N(c3ccccc3)c3ccccc3)cc3c2B5c2ccccc2N3c2ccccc2)cc1. The van der Waals surface area contributed by atoms with Gasteiger partial charge in [-0.3, -0.25) is 0 Å². The molecule has 0 unspecified atom stereocenters. The third-order valence-electron chi connectivity index (χ3n) is 23.3. The van der Waals surface area contributed by atoms with E-state index in [1.54, 1.807) is 0 Å². The zero-order chi connectivity index (χ0) is 73.5. The summed E-state index contributed by atoms with van der Waals surface area (Å²) in [6.07, 6.45) is 0. The second kappa shape index (κ2) is 25.9. The van der Waals surface area contributed by atoms with Crippen LogP contribution in [0, 0.1) is 0 Å². The Morgan fingerprint density at radius 3 is 1.20 bits per heavy atom. The molecule has 0 amide bonds. The fourth-order valence-electron chi connectivity index (χ4n) is 18.8. The van der Waals surface area contributed by atoms with Gasteiger partial charge in [-0.2, -0.15) is 0 Å². The van der Waals surface area contributed by atoms with E-state index in [-0.39, 0.29) is 13.4 Å². The molecule has 0 N–H and O–H groups in total. The molecule has 0 bridgehead atoms. The number of para-hydroxylation sites is 8. The summed E-state index contributed by atoms with van der Waals surface area (Å²) in [6.45, 7) is -0.518. The maximum Gasteiger partial charge on any atom is 0.252 e. The van der Waals surface area contributed by atoms with E-state index < -0.39 is 0 Å². The molecular formula is C102H66B2N6S2. The summed E-state index contributed by atoms with van der Waals surface area (Å²) >= 11 is 3.74. The lowest BCUT2D eigenvalue weighted by Gasteiger charge is -2.48. The minimum Gasteiger partial charge on any atom is -0.311 e. The van der Waals surface area contributed by atoms with Crippen LogP contribution in [0.5, 0.6) is 0 Å². The Morgan fingerprint density at radius 1 is 0.232 bits per heavy atom. The molecule has 10 heteroatoms. The van der Waals surface area contributed by atoms with Crippen LogP contribution in [0.25, 0.3) is 62.6 Å². The normalized spacial score (nSPS) is 12.9. The maximum atomic E-state index is 2.69. The van der Waals surface area contributed by atoms with Crippen molar-refractivity contribution in [1.29, 1.82) is 0 Å². The van der Waals surface area contributed by atoms with Crippen LogP contribution in [0.3, 0.4) is 0 Å². The number of anilines is 18. The van der Waals surface area contributed by atoms with E-state index in [0.717, 1.165) is 125 Å². The second-order valence-corrected chi connectivity index (χ2v) is 31.5. The summed E-state index contributed by atoms with van der Waals surface area (Å²) in [7, 11) is 0. The van der Waals surface area contributed by atoms with Gasteiger partial charge in [0.25, 0.3) is 13.4 Å². The van der Waals surface area contributed by atoms with Crippen molar-refractivity contribution in [3.63, 3.8) is 0 Å². The molecule has 0 spiro atoms. The van der Waals surface area contributed by atoms with Crippen LogP contribution in [0.15, 0.2) is 400 Å². The summed E-state index contributed by atoms with van der Waals surface area (Å²) in [6, 6.07) is 150. The fourth-order valence-corrected chi connectivity index (χ4v) is 21.1. The van der Waals surface area contributed by atoms with Crippen LogP contribution in [-0.2, 0) is 0 Å². The number of nitrogens with zero attached hydrogens (tertiary/aromatic N) is 6. The van der Waals surface area contributed by atoms with Crippen molar-refractivity contribution < 1.29 is 0 Å². The Balaban J connectivity index is 0.872. The highest BCUT2D eigenvalue weighted by Crippen LogP contribution is 2.57. The molecule has 522 valence electrons. The first kappa shape index (κ1) is 64.1. The van der Waals surface area contributed by atoms with Gasteiger partial charge < -0.3 is 29.4 Å². The van der Waals surface area contributed by atoms with Gasteiger partial charge in [0.2, 0.25) is 0 Å². The molecule has 0 radical (unpaired) electrons. The van der Waals surface area contributed by atoms with E-state index >= 15 is 0 Å². The smallest absolute Gasteiger partial charge is 0.252 e. The zero-order valence-corrected chi connectivity index (χ0v) is 62.4. The molecule has 6 heterocycles. The Labute approximate surface area is 658 Å². The van der Waals surface area contributed by atoms with Gasteiger partial charge in [-0.25, -0.2) is 0 Å². The van der Waals surface area contributed by atoms with E-state index in [4.69, 9.17) is 0 Å². The van der Waals surface area contributed by atoms with E-state index in [1.165, 1.54) is 73.1 Å². The Hall–Kier alpha value is -13.9. The van der Waals surface area contributed by atoms with Crippen molar-refractivity contribution in [2.45, 2.75) is 0 Å². The second-order valence-electron chi connectivity index (χ2n) is 29.4. The molecule has 4 aliphatic rings. The highest BCUT2D eigenvalue weighted by atomic mass is 32.1. The third-order valence-corrected chi connectivity index (χ3v) is 25.6. The monoisotopic (exact) mass is 1460 g/mol. The van der Waals surface area contributed by atoms with E-state index in [9.17, 15) is 0 Å². The first-order valence-electron chi connectivity index (χ1n) is 38.5. The first-order valence-corrected chi connectivity index (χ1v) is 40.1. The lowest BCUT2D eigenvalue weighted by atomic mass is 9.30. The third kappa shape index (κ3) is 9.92. The molecule has 0 fully saturated rings. The van der Waals surface area contributed by atoms with Gasteiger partial charge in [-0.1, -0.05) is 267 Å². The quantitative estimate of drug-likeness (QED) is 0.113. The van der Waals surface area contributed by atoms with Gasteiger partial charge in [-0.05, 0) is 177 Å². The number of thiophene rings is 2. The summed E-state index contributed by atoms with van der Waals surface area (Å²) < 4.78 is 4.97. The predicted octanol–water partition coefficient (Wildman–Crippen LogP) is 24.9. The van der Waals surface area contributed by atoms with Crippen LogP contribution >= 0.6 is 22.7 Å². The minimum absolute atomic E-state index is 0.238. The Bertz CT molecular complexity index is 6850. The molecule has 0 atom stereocenters. The number of fused-ring (bicyclic) bond motifs is 14. The van der Waals surface area contributed by atoms with Gasteiger partial charge in [0.1, 0.15) is 0 Å². The number of hydrogen-bond acceptors (Lipinski definition) is 8. The lowest BCUT2D eigenvalue weighted by Crippen LogP contribution is -2.65. The van der Waals surface area contributed by atoms with Crippen LogP contribution in [-0.4, -0.2) is 13.4 Å². The topological polar surface area (TPSA) is 19.4 Å². The Kier molecular flexibility index (Phi) is 14.8. The molecule has 23 rings (SSSR count). The van der Waals surface area contributed by atoms with Crippen molar-refractivity contribution in [3.8, 4) is 22.3 Å². The molecule has 2 aromatic heterocycles. The summed E-state index contributed by atoms with van der Waals surface area (Å²) in [5.41, 5.74) is 31.7. The highest BCUT2D eigenvalue weighted by Gasteiger charge is 2.50. The molecule has 112 heavy (non-hydrogen) atoms. The van der Waals surface area contributed by atoms with Crippen molar-refractivity contribution in [3.05, 3.63) is 400 Å². The molecule has 6 nitrogen and oxygen atoms in total. The molecule has 4 aliphatic heterocycles. The van der Waals surface area contributed by atoms with Crippen LogP contribution in [0.2, 0.25) is 0 Å². The average molecular weight is 1460 g/mol. The molecule has 0 aliphatic carbocycles. The average Bonchev–Trinajstić information content (AvgIpc) is 0.754. The fraction of sp³-hybridized carbons (Fsp3) is 0. The Morgan fingerprint density at radius 2 is 0.625 bits per heavy atom. The van der Waals surface area contributed by atoms with Gasteiger partial charge in [0.05, 0.1) is 33.1 Å². The van der Waals surface area contributed by atoms with Gasteiger partial charge in [0.15, 0.2) is 0 Å². The van der Waals surface area contributed by atoms with Gasteiger partial charge in [0, 0.05) is 121 Å². The predicted molar refractivity (Wildman–Crippen MR) is 481 cm³/mol. The van der Waals surface area contributed by atoms with Crippen molar-refractivity contribution in [2.75, 3.05) is 29.4 Å². The maximum absolute atomic E-state index is 2.69. The van der Waals surface area contributed by atoms with Crippen molar-refractivity contribution >= 4 is 212 Å². The zero-order valence-electron chi connectivity index (χ0n) is 60.8. The van der Waals surface area contributed by atoms with E-state index in [1.807, 2.05) is 22.7 Å². The van der Waals surface area contributed by atoms with Gasteiger partial charge >= 0.3 is 0 Å². The molecule has 19 aromatic rings. The van der Waals surface area contributed by atoms with Gasteiger partial charge in [-0.15, -0.1) is 22.7 Å². The minimum atomic E-state index is -0.280. The highest BCUT2D eigenvalue weighted by molar-refractivity contribution is 7.26. The molecular weight excluding hydrogens is 1390 g/mol. The number of benzene rings is 17. The first-order chi connectivity index (χ1) is 55.6.